The molecular weight excluding hydrogens is 353 g/mol. The van der Waals surface area contributed by atoms with Crippen LogP contribution in [-0.4, -0.2) is 11.7 Å². The van der Waals surface area contributed by atoms with E-state index in [2.05, 4.69) is 0 Å². The van der Waals surface area contributed by atoms with Gasteiger partial charge in [-0.25, -0.2) is 4.39 Å². The number of amides is 1. The topological polar surface area (TPSA) is 37.4 Å². The van der Waals surface area contributed by atoms with Gasteiger partial charge in [-0.3, -0.25) is 14.5 Å². The molecule has 26 heavy (non-hydrogen) atoms. The molecule has 0 saturated carbocycles. The van der Waals surface area contributed by atoms with Crippen molar-refractivity contribution in [3.8, 4) is 0 Å². The van der Waals surface area contributed by atoms with E-state index >= 15 is 0 Å². The van der Waals surface area contributed by atoms with Crippen LogP contribution in [0.2, 0.25) is 5.02 Å². The van der Waals surface area contributed by atoms with Gasteiger partial charge >= 0.3 is 0 Å². The maximum atomic E-state index is 14.0. The van der Waals surface area contributed by atoms with Crippen molar-refractivity contribution in [2.24, 2.45) is 0 Å². The average Bonchev–Trinajstić information content (AvgIpc) is 2.66. The Balaban J connectivity index is 1.97. The molecule has 128 valence electrons. The second-order valence-electron chi connectivity index (χ2n) is 6.00. The lowest BCUT2D eigenvalue weighted by Gasteiger charge is -2.33. The summed E-state index contributed by atoms with van der Waals surface area (Å²) in [5.41, 5.74) is 1.60. The minimum absolute atomic E-state index is 0.136. The van der Waals surface area contributed by atoms with Crippen LogP contribution < -0.4 is 4.90 Å². The number of carbonyl (C=O) groups is 2. The molecule has 1 aliphatic rings. The fourth-order valence-electron chi connectivity index (χ4n) is 3.22. The Bertz CT molecular complexity index is 1010. The molecule has 4 rings (SSSR count). The molecule has 5 heteroatoms. The van der Waals surface area contributed by atoms with Crippen molar-refractivity contribution >= 4 is 34.7 Å². The first-order valence-electron chi connectivity index (χ1n) is 8.05. The highest BCUT2D eigenvalue weighted by molar-refractivity contribution is 6.33. The molecular formula is C21H13ClFNO2. The Hall–Kier alpha value is -2.98. The summed E-state index contributed by atoms with van der Waals surface area (Å²) in [6, 6.07) is 20.2. The number of halogens is 2. The van der Waals surface area contributed by atoms with Crippen LogP contribution in [0.1, 0.15) is 21.8 Å². The highest BCUT2D eigenvalue weighted by Gasteiger charge is 2.41. The maximum Gasteiger partial charge on any atom is 0.247 e. The molecule has 0 bridgehead atoms. The van der Waals surface area contributed by atoms with E-state index in [1.54, 1.807) is 48.5 Å². The molecule has 1 heterocycles. The molecule has 1 aliphatic heterocycles. The van der Waals surface area contributed by atoms with Crippen molar-refractivity contribution in [2.75, 3.05) is 4.90 Å². The summed E-state index contributed by atoms with van der Waals surface area (Å²) in [5.74, 6) is -2.53. The van der Waals surface area contributed by atoms with Crippen LogP contribution in [0.4, 0.5) is 15.8 Å². The minimum Gasteiger partial charge on any atom is -0.293 e. The average molecular weight is 366 g/mol. The first-order valence-corrected chi connectivity index (χ1v) is 8.43. The molecule has 3 aromatic rings. The van der Waals surface area contributed by atoms with Gasteiger partial charge in [-0.05, 0) is 29.8 Å². The van der Waals surface area contributed by atoms with E-state index in [0.717, 1.165) is 6.07 Å². The highest BCUT2D eigenvalue weighted by atomic mass is 35.5. The molecule has 1 unspecified atom stereocenters. The van der Waals surface area contributed by atoms with E-state index in [0.29, 0.717) is 16.9 Å². The lowest BCUT2D eigenvalue weighted by molar-refractivity contribution is -0.118. The number of hydrogen-bond donors (Lipinski definition) is 0. The largest absolute Gasteiger partial charge is 0.293 e. The van der Waals surface area contributed by atoms with Gasteiger partial charge in [-0.1, -0.05) is 60.1 Å². The summed E-state index contributed by atoms with van der Waals surface area (Å²) in [6.45, 7) is 0. The van der Waals surface area contributed by atoms with Crippen molar-refractivity contribution in [3.05, 3.63) is 94.8 Å². The fourth-order valence-corrected chi connectivity index (χ4v) is 3.37. The van der Waals surface area contributed by atoms with Crippen molar-refractivity contribution in [1.29, 1.82) is 0 Å². The molecule has 0 saturated heterocycles. The first kappa shape index (κ1) is 16.5. The summed E-state index contributed by atoms with van der Waals surface area (Å²) < 4.78 is 14.0. The molecule has 0 radical (unpaired) electrons. The number of anilines is 2. The Kier molecular flexibility index (Phi) is 4.05. The van der Waals surface area contributed by atoms with Crippen LogP contribution in [0, 0.1) is 5.82 Å². The molecule has 3 aromatic carbocycles. The van der Waals surface area contributed by atoms with Crippen LogP contribution in [0.3, 0.4) is 0 Å². The van der Waals surface area contributed by atoms with Gasteiger partial charge in [0.1, 0.15) is 11.7 Å². The highest BCUT2D eigenvalue weighted by Crippen LogP contribution is 2.41. The third kappa shape index (κ3) is 2.59. The normalized spacial score (nSPS) is 16.5. The third-order valence-electron chi connectivity index (χ3n) is 4.42. The molecule has 1 amide bonds. The first-order chi connectivity index (χ1) is 12.6. The third-order valence-corrected chi connectivity index (χ3v) is 4.71. The van der Waals surface area contributed by atoms with E-state index < -0.39 is 17.5 Å². The van der Waals surface area contributed by atoms with E-state index in [1.807, 2.05) is 12.1 Å². The number of benzene rings is 3. The Labute approximate surface area is 154 Å². The van der Waals surface area contributed by atoms with Gasteiger partial charge in [0.15, 0.2) is 5.78 Å². The van der Waals surface area contributed by atoms with Crippen LogP contribution in [-0.2, 0) is 4.79 Å². The molecule has 0 aliphatic carbocycles. The maximum absolute atomic E-state index is 14.0. The van der Waals surface area contributed by atoms with Crippen molar-refractivity contribution in [3.63, 3.8) is 0 Å². The summed E-state index contributed by atoms with van der Waals surface area (Å²) in [6.07, 6.45) is 0. The zero-order valence-corrected chi connectivity index (χ0v) is 14.3. The number of nitrogens with zero attached hydrogens (tertiary/aromatic N) is 1. The Morgan fingerprint density at radius 2 is 1.50 bits per heavy atom. The molecule has 1 atom stereocenters. The smallest absolute Gasteiger partial charge is 0.247 e. The predicted molar refractivity (Wildman–Crippen MR) is 98.5 cm³/mol. The van der Waals surface area contributed by atoms with Gasteiger partial charge in [0, 0.05) is 11.3 Å². The number of fused-ring (bicyclic) bond motifs is 1. The number of hydrogen-bond acceptors (Lipinski definition) is 2. The lowest BCUT2D eigenvalue weighted by atomic mass is 9.84. The Morgan fingerprint density at radius 3 is 2.15 bits per heavy atom. The van der Waals surface area contributed by atoms with Gasteiger partial charge < -0.3 is 0 Å². The number of carbonyl (C=O) groups excluding carboxylic acids is 2. The van der Waals surface area contributed by atoms with Crippen LogP contribution in [0.5, 0.6) is 0 Å². The van der Waals surface area contributed by atoms with Gasteiger partial charge in [0.2, 0.25) is 5.91 Å². The number of ketones is 1. The van der Waals surface area contributed by atoms with Gasteiger partial charge in [-0.15, -0.1) is 0 Å². The number of rotatable bonds is 2. The van der Waals surface area contributed by atoms with E-state index in [-0.39, 0.29) is 16.5 Å². The van der Waals surface area contributed by atoms with E-state index in [1.165, 1.54) is 11.0 Å². The zero-order chi connectivity index (χ0) is 18.3. The summed E-state index contributed by atoms with van der Waals surface area (Å²) in [7, 11) is 0. The fraction of sp³-hybridized carbons (Fsp3) is 0.0476. The molecule has 0 fully saturated rings. The molecule has 0 N–H and O–H groups in total. The van der Waals surface area contributed by atoms with Gasteiger partial charge in [0.05, 0.1) is 10.7 Å². The predicted octanol–water partition coefficient (Wildman–Crippen LogP) is 5.12. The van der Waals surface area contributed by atoms with E-state index in [4.69, 9.17) is 11.6 Å². The van der Waals surface area contributed by atoms with Crippen molar-refractivity contribution in [2.45, 2.75) is 5.92 Å². The van der Waals surface area contributed by atoms with Gasteiger partial charge in [0.25, 0.3) is 0 Å². The minimum atomic E-state index is -1.02. The SMILES string of the molecule is O=C1c2cc(F)c(Cl)cc2N(c2ccccc2)C(=O)C1c1ccccc1. The molecule has 3 nitrogen and oxygen atoms in total. The summed E-state index contributed by atoms with van der Waals surface area (Å²) in [4.78, 5) is 27.7. The summed E-state index contributed by atoms with van der Waals surface area (Å²) >= 11 is 5.92. The van der Waals surface area contributed by atoms with Crippen LogP contribution >= 0.6 is 11.6 Å². The lowest BCUT2D eigenvalue weighted by Crippen LogP contribution is -2.40. The standard InChI is InChI=1S/C21H13ClFNO2/c22-16-12-18-15(11-17(16)23)20(25)19(13-7-3-1-4-8-13)21(26)24(18)14-9-5-2-6-10-14/h1-12,19H. The number of Topliss-reactive ketones (excluding diaryl/α,β-unsaturated/α-hetero) is 1. The Morgan fingerprint density at radius 1 is 0.885 bits per heavy atom. The molecule has 0 spiro atoms. The zero-order valence-electron chi connectivity index (χ0n) is 13.5. The number of para-hydroxylation sites is 1. The second-order valence-corrected chi connectivity index (χ2v) is 6.41. The van der Waals surface area contributed by atoms with E-state index in [9.17, 15) is 14.0 Å². The quantitative estimate of drug-likeness (QED) is 0.591. The van der Waals surface area contributed by atoms with Crippen LogP contribution in [0.15, 0.2) is 72.8 Å². The van der Waals surface area contributed by atoms with Crippen molar-refractivity contribution < 1.29 is 14.0 Å². The van der Waals surface area contributed by atoms with Gasteiger partial charge in [-0.2, -0.15) is 0 Å². The summed E-state index contributed by atoms with van der Waals surface area (Å²) in [5, 5.41) is -0.136. The molecule has 0 aromatic heterocycles. The second kappa shape index (κ2) is 6.39. The van der Waals surface area contributed by atoms with Crippen LogP contribution in [0.25, 0.3) is 0 Å². The van der Waals surface area contributed by atoms with Crippen molar-refractivity contribution in [1.82, 2.24) is 0 Å². The monoisotopic (exact) mass is 365 g/mol.